The molecule has 0 aliphatic carbocycles. The lowest BCUT2D eigenvalue weighted by molar-refractivity contribution is -0.120. The average molecular weight is 294 g/mol. The first kappa shape index (κ1) is 8.00. The first-order valence-electron chi connectivity index (χ1n) is 3.04. The zero-order valence-electron chi connectivity index (χ0n) is 5.62. The molecular weight excluding hydrogens is 292 g/mol. The molecule has 2 amide bonds. The molecule has 0 radical (unpaired) electrons. The Kier molecular flexibility index (Phi) is 1.62. The summed E-state index contributed by atoms with van der Waals surface area (Å²) in [5, 5.41) is 0. The van der Waals surface area contributed by atoms with E-state index >= 15 is 0 Å². The van der Waals surface area contributed by atoms with Crippen LogP contribution in [-0.2, 0) is 9.59 Å². The van der Waals surface area contributed by atoms with Crippen LogP contribution in [-0.4, -0.2) is 19.7 Å². The Morgan fingerprint density at radius 3 is 1.58 bits per heavy atom. The predicted octanol–water partition coefficient (Wildman–Crippen LogP) is 1.06. The van der Waals surface area contributed by atoms with Crippen molar-refractivity contribution in [2.45, 2.75) is 0 Å². The third-order valence-corrected chi connectivity index (χ3v) is 2.68. The Hall–Kier alpha value is -0.620. The van der Waals surface area contributed by atoms with Gasteiger partial charge in [-0.2, -0.15) is 0 Å². The molecule has 62 valence electrons. The van der Waals surface area contributed by atoms with E-state index in [4.69, 9.17) is 0 Å². The first-order valence-corrected chi connectivity index (χ1v) is 4.46. The minimum atomic E-state index is -0.222. The molecule has 0 aromatic carbocycles. The van der Waals surface area contributed by atoms with Crippen molar-refractivity contribution >= 4 is 44.1 Å². The normalized spacial score (nSPS) is 21.5. The van der Waals surface area contributed by atoms with Gasteiger partial charge in [-0.1, -0.05) is 0 Å². The summed E-state index contributed by atoms with van der Waals surface area (Å²) in [4.78, 5) is 22.5. The molecule has 0 unspecified atom stereocenters. The minimum Gasteiger partial charge on any atom is -0.268 e. The molecule has 12 heavy (non-hydrogen) atoms. The molecule has 6 heteroatoms. The number of halogens is 2. The molecule has 0 saturated carbocycles. The second-order valence-electron chi connectivity index (χ2n) is 2.32. The van der Waals surface area contributed by atoms with Gasteiger partial charge >= 0.3 is 0 Å². The van der Waals surface area contributed by atoms with Crippen molar-refractivity contribution < 1.29 is 9.59 Å². The van der Waals surface area contributed by atoms with Gasteiger partial charge in [0.15, 0.2) is 0 Å². The van der Waals surface area contributed by atoms with E-state index in [1.807, 2.05) is 0 Å². The maximum Gasteiger partial charge on any atom is 0.270 e. The fraction of sp³-hybridized carbons (Fsp3) is 0. The molecule has 2 rings (SSSR count). The molecule has 0 N–H and O–H groups in total. The zero-order chi connectivity index (χ0) is 8.88. The number of hydrogen-bond donors (Lipinski definition) is 0. The van der Waals surface area contributed by atoms with E-state index < -0.39 is 0 Å². The lowest BCUT2D eigenvalue weighted by atomic mass is 10.2. The smallest absolute Gasteiger partial charge is 0.268 e. The van der Waals surface area contributed by atoms with E-state index in [1.54, 1.807) is 0 Å². The van der Waals surface area contributed by atoms with Gasteiger partial charge in [0, 0.05) is 12.4 Å². The molecule has 2 aliphatic rings. The van der Waals surface area contributed by atoms with Crippen LogP contribution < -0.4 is 0 Å². The van der Waals surface area contributed by atoms with Crippen LogP contribution in [0.5, 0.6) is 0 Å². The molecular formula is C6H2Br2N2O2. The van der Waals surface area contributed by atoms with E-state index in [0.717, 1.165) is 0 Å². The number of carbonyl (C=O) groups is 2. The van der Waals surface area contributed by atoms with Gasteiger partial charge in [0.25, 0.3) is 11.8 Å². The van der Waals surface area contributed by atoms with Crippen molar-refractivity contribution in [3.8, 4) is 0 Å². The minimum absolute atomic E-state index is 0.222. The number of fused-ring (bicyclic) bond motifs is 1. The summed E-state index contributed by atoms with van der Waals surface area (Å²) in [6.45, 7) is 0. The Morgan fingerprint density at radius 2 is 1.25 bits per heavy atom. The van der Waals surface area contributed by atoms with Gasteiger partial charge in [-0.3, -0.25) is 9.59 Å². The molecule has 0 aromatic heterocycles. The highest BCUT2D eigenvalue weighted by Crippen LogP contribution is 2.33. The summed E-state index contributed by atoms with van der Waals surface area (Å²) in [5.41, 5.74) is 0.822. The van der Waals surface area contributed by atoms with Gasteiger partial charge in [-0.25, -0.2) is 7.85 Å². The van der Waals surface area contributed by atoms with Crippen molar-refractivity contribution in [1.29, 1.82) is 0 Å². The van der Waals surface area contributed by atoms with E-state index in [2.05, 4.69) is 32.3 Å². The second-order valence-corrected chi connectivity index (χ2v) is 3.85. The van der Waals surface area contributed by atoms with Gasteiger partial charge in [0.1, 0.15) is 0 Å². The van der Waals surface area contributed by atoms with Crippen LogP contribution in [0.25, 0.3) is 0 Å². The van der Waals surface area contributed by atoms with Crippen molar-refractivity contribution in [2.24, 2.45) is 0 Å². The highest BCUT2D eigenvalue weighted by atomic mass is 79.9. The van der Waals surface area contributed by atoms with Crippen LogP contribution in [0.2, 0.25) is 0 Å². The third kappa shape index (κ3) is 0.879. The number of nitrogens with zero attached hydrogens (tertiary/aromatic N) is 2. The topological polar surface area (TPSA) is 40.6 Å². The SMILES string of the molecule is O=C1C2=CN(Br)C(=O)C2=CN1Br. The standard InChI is InChI=1S/C6H2Br2N2O2/c7-9-1-3-4(6(9)12)2-10(8)5(3)11/h1-2H. The average Bonchev–Trinajstić information content (AvgIpc) is 2.43. The summed E-state index contributed by atoms with van der Waals surface area (Å²) < 4.78 is 2.43. The molecule has 0 aromatic rings. The van der Waals surface area contributed by atoms with Crippen molar-refractivity contribution in [3.05, 3.63) is 23.5 Å². The summed E-state index contributed by atoms with van der Waals surface area (Å²) >= 11 is 5.97. The molecule has 0 atom stereocenters. The highest BCUT2D eigenvalue weighted by Gasteiger charge is 2.37. The van der Waals surface area contributed by atoms with Crippen molar-refractivity contribution in [2.75, 3.05) is 0 Å². The van der Waals surface area contributed by atoms with Gasteiger partial charge in [0.2, 0.25) is 0 Å². The van der Waals surface area contributed by atoms with Crippen LogP contribution in [0, 0.1) is 0 Å². The molecule has 0 saturated heterocycles. The quantitative estimate of drug-likeness (QED) is 0.627. The van der Waals surface area contributed by atoms with Crippen LogP contribution in [0.15, 0.2) is 23.5 Å². The van der Waals surface area contributed by atoms with Crippen molar-refractivity contribution in [1.82, 2.24) is 7.85 Å². The number of rotatable bonds is 0. The van der Waals surface area contributed by atoms with Gasteiger partial charge in [-0.15, -0.1) is 0 Å². The third-order valence-electron chi connectivity index (χ3n) is 1.62. The fourth-order valence-corrected chi connectivity index (χ4v) is 1.85. The fourth-order valence-electron chi connectivity index (χ4n) is 1.05. The lowest BCUT2D eigenvalue weighted by Gasteiger charge is -2.02. The van der Waals surface area contributed by atoms with Crippen LogP contribution in [0.3, 0.4) is 0 Å². The largest absolute Gasteiger partial charge is 0.270 e. The van der Waals surface area contributed by atoms with Crippen LogP contribution >= 0.6 is 32.3 Å². The Labute approximate surface area is 85.2 Å². The molecule has 2 aliphatic heterocycles. The Morgan fingerprint density at radius 1 is 0.917 bits per heavy atom. The van der Waals surface area contributed by atoms with Crippen LogP contribution in [0.4, 0.5) is 0 Å². The molecule has 0 bridgehead atoms. The Balaban J connectivity index is 2.49. The van der Waals surface area contributed by atoms with Gasteiger partial charge < -0.3 is 0 Å². The Bertz CT molecular complexity index is 313. The molecule has 2 heterocycles. The summed E-state index contributed by atoms with van der Waals surface area (Å²) in [6, 6.07) is 0. The van der Waals surface area contributed by atoms with Gasteiger partial charge in [0.05, 0.1) is 43.4 Å². The monoisotopic (exact) mass is 292 g/mol. The van der Waals surface area contributed by atoms with Crippen LogP contribution in [0.1, 0.15) is 0 Å². The molecule has 0 spiro atoms. The maximum atomic E-state index is 11.2. The maximum absolute atomic E-state index is 11.2. The number of carbonyl (C=O) groups excluding carboxylic acids is 2. The van der Waals surface area contributed by atoms with E-state index in [-0.39, 0.29) is 11.8 Å². The molecule has 4 nitrogen and oxygen atoms in total. The number of amides is 2. The number of hydrogen-bond acceptors (Lipinski definition) is 2. The summed E-state index contributed by atoms with van der Waals surface area (Å²) in [7, 11) is 0. The summed E-state index contributed by atoms with van der Waals surface area (Å²) in [5.74, 6) is -0.444. The van der Waals surface area contributed by atoms with E-state index in [9.17, 15) is 9.59 Å². The van der Waals surface area contributed by atoms with Crippen molar-refractivity contribution in [3.63, 3.8) is 0 Å². The molecule has 0 fully saturated rings. The van der Waals surface area contributed by atoms with E-state index in [1.165, 1.54) is 20.3 Å². The summed E-state index contributed by atoms with van der Waals surface area (Å²) in [6.07, 6.45) is 2.91. The van der Waals surface area contributed by atoms with E-state index in [0.29, 0.717) is 11.1 Å². The second kappa shape index (κ2) is 2.43. The predicted molar refractivity (Wildman–Crippen MR) is 47.7 cm³/mol. The van der Waals surface area contributed by atoms with Gasteiger partial charge in [-0.05, 0) is 0 Å². The highest BCUT2D eigenvalue weighted by molar-refractivity contribution is 9.08. The zero-order valence-corrected chi connectivity index (χ0v) is 8.79. The first-order chi connectivity index (χ1) is 5.61. The lowest BCUT2D eigenvalue weighted by Crippen LogP contribution is -2.11.